The van der Waals surface area contributed by atoms with E-state index in [1.165, 1.54) is 6.07 Å². The highest BCUT2D eigenvalue weighted by atomic mass is 35.5. The van der Waals surface area contributed by atoms with Crippen molar-refractivity contribution in [2.24, 2.45) is 0 Å². The van der Waals surface area contributed by atoms with Crippen molar-refractivity contribution < 1.29 is 8.78 Å². The fraction of sp³-hybridized carbons (Fsp3) is 0.286. The van der Waals surface area contributed by atoms with Gasteiger partial charge >= 0.3 is 0 Å². The second-order valence-corrected chi connectivity index (χ2v) is 3.02. The van der Waals surface area contributed by atoms with Gasteiger partial charge in [0.15, 0.2) is 0 Å². The number of alkyl halides is 2. The van der Waals surface area contributed by atoms with Crippen molar-refractivity contribution in [3.05, 3.63) is 27.5 Å². The molecule has 0 aliphatic rings. The van der Waals surface area contributed by atoms with Crippen molar-refractivity contribution >= 4 is 23.2 Å². The third-order valence-corrected chi connectivity index (χ3v) is 1.91. The first kappa shape index (κ1) is 9.68. The maximum absolute atomic E-state index is 12.2. The summed E-state index contributed by atoms with van der Waals surface area (Å²) < 4.78 is 24.4. The molecule has 0 amide bonds. The number of hydrogen-bond donors (Lipinski definition) is 0. The minimum absolute atomic E-state index is 0.0394. The van der Waals surface area contributed by atoms with Gasteiger partial charge in [0.2, 0.25) is 0 Å². The minimum Gasteiger partial charge on any atom is -0.241 e. The quantitative estimate of drug-likeness (QED) is 0.647. The molecule has 0 saturated carbocycles. The van der Waals surface area contributed by atoms with Gasteiger partial charge in [0, 0.05) is 5.69 Å². The molecule has 1 heterocycles. The molecule has 0 saturated heterocycles. The average Bonchev–Trinajstić information content (AvgIpc) is 1.82. The molecule has 0 bridgehead atoms. The van der Waals surface area contributed by atoms with Crippen molar-refractivity contribution in [2.75, 3.05) is 0 Å². The summed E-state index contributed by atoms with van der Waals surface area (Å²) >= 11 is 11.0. The number of rotatable bonds is 1. The Hall–Kier alpha value is -0.410. The molecule has 0 aliphatic heterocycles. The second-order valence-electron chi connectivity index (χ2n) is 2.25. The van der Waals surface area contributed by atoms with Crippen LogP contribution >= 0.6 is 23.2 Å². The molecule has 1 aromatic heterocycles. The van der Waals surface area contributed by atoms with Crippen molar-refractivity contribution in [1.82, 2.24) is 4.98 Å². The molecular formula is C7H5Cl2F2N. The van der Waals surface area contributed by atoms with E-state index >= 15 is 0 Å². The van der Waals surface area contributed by atoms with Crippen molar-refractivity contribution in [3.63, 3.8) is 0 Å². The number of aryl methyl sites for hydroxylation is 1. The highest BCUT2D eigenvalue weighted by molar-refractivity contribution is 6.35. The van der Waals surface area contributed by atoms with E-state index in [0.29, 0.717) is 5.69 Å². The molecule has 5 heteroatoms. The lowest BCUT2D eigenvalue weighted by atomic mass is 10.2. The summed E-state index contributed by atoms with van der Waals surface area (Å²) in [5, 5.41) is -0.266. The first-order valence-corrected chi connectivity index (χ1v) is 3.88. The average molecular weight is 212 g/mol. The molecule has 66 valence electrons. The number of nitrogens with zero attached hydrogens (tertiary/aromatic N) is 1. The van der Waals surface area contributed by atoms with E-state index in [-0.39, 0.29) is 10.2 Å². The summed E-state index contributed by atoms with van der Waals surface area (Å²) in [6.07, 6.45) is -2.68. The van der Waals surface area contributed by atoms with E-state index in [9.17, 15) is 8.78 Å². The fourth-order valence-electron chi connectivity index (χ4n) is 0.801. The molecule has 0 aromatic carbocycles. The molecule has 12 heavy (non-hydrogen) atoms. The van der Waals surface area contributed by atoms with Gasteiger partial charge in [0.05, 0.1) is 10.6 Å². The molecule has 1 aromatic rings. The SMILES string of the molecule is Cc1cc(Cl)c(C(F)F)c(Cl)n1. The molecule has 1 nitrogen and oxygen atoms in total. The van der Waals surface area contributed by atoms with Crippen LogP contribution in [0, 0.1) is 6.92 Å². The number of hydrogen-bond acceptors (Lipinski definition) is 1. The normalized spacial score (nSPS) is 10.8. The molecular weight excluding hydrogens is 207 g/mol. The van der Waals surface area contributed by atoms with Gasteiger partial charge in [0.1, 0.15) is 5.15 Å². The van der Waals surface area contributed by atoms with Crippen LogP contribution in [-0.2, 0) is 0 Å². The predicted octanol–water partition coefficient (Wildman–Crippen LogP) is 3.63. The van der Waals surface area contributed by atoms with Crippen LogP contribution in [0.15, 0.2) is 6.07 Å². The Bertz CT molecular complexity index is 278. The largest absolute Gasteiger partial charge is 0.268 e. The smallest absolute Gasteiger partial charge is 0.241 e. The van der Waals surface area contributed by atoms with Crippen LogP contribution in [0.5, 0.6) is 0 Å². The zero-order valence-electron chi connectivity index (χ0n) is 6.11. The van der Waals surface area contributed by atoms with Crippen molar-refractivity contribution in [2.45, 2.75) is 13.3 Å². The standard InChI is InChI=1S/C7H5Cl2F2N/c1-3-2-4(8)5(7(10)11)6(9)12-3/h2,7H,1H3. The maximum atomic E-state index is 12.2. The van der Waals surface area contributed by atoms with Gasteiger partial charge in [-0.15, -0.1) is 0 Å². The minimum atomic E-state index is -2.68. The third kappa shape index (κ3) is 1.84. The van der Waals surface area contributed by atoms with Gasteiger partial charge in [-0.25, -0.2) is 13.8 Å². The Kier molecular flexibility index (Phi) is 2.85. The van der Waals surface area contributed by atoms with Crippen LogP contribution < -0.4 is 0 Å². The molecule has 0 fully saturated rings. The Morgan fingerprint density at radius 2 is 2.00 bits per heavy atom. The number of halogens is 4. The molecule has 0 spiro atoms. The predicted molar refractivity (Wildman–Crippen MR) is 44.0 cm³/mol. The first-order valence-electron chi connectivity index (χ1n) is 3.13. The summed E-state index contributed by atoms with van der Waals surface area (Å²) in [4.78, 5) is 3.66. The van der Waals surface area contributed by atoms with Crippen LogP contribution in [0.25, 0.3) is 0 Å². The van der Waals surface area contributed by atoms with Gasteiger partial charge in [0.25, 0.3) is 6.43 Å². The highest BCUT2D eigenvalue weighted by Gasteiger charge is 2.17. The third-order valence-electron chi connectivity index (χ3n) is 1.31. The van der Waals surface area contributed by atoms with Crippen LogP contribution in [-0.4, -0.2) is 4.98 Å². The molecule has 0 unspecified atom stereocenters. The maximum Gasteiger partial charge on any atom is 0.268 e. The van der Waals surface area contributed by atoms with E-state index in [4.69, 9.17) is 23.2 Å². The zero-order chi connectivity index (χ0) is 9.30. The van der Waals surface area contributed by atoms with Crippen molar-refractivity contribution in [1.29, 1.82) is 0 Å². The second kappa shape index (κ2) is 3.54. The summed E-state index contributed by atoms with van der Waals surface area (Å²) in [5.41, 5.74) is 0.123. The lowest BCUT2D eigenvalue weighted by Gasteiger charge is -2.05. The van der Waals surface area contributed by atoms with Crippen LogP contribution in [0.2, 0.25) is 10.2 Å². The van der Waals surface area contributed by atoms with Crippen LogP contribution in [0.3, 0.4) is 0 Å². The van der Waals surface area contributed by atoms with Gasteiger partial charge in [-0.2, -0.15) is 0 Å². The van der Waals surface area contributed by atoms with Gasteiger partial charge in [-0.3, -0.25) is 0 Å². The highest BCUT2D eigenvalue weighted by Crippen LogP contribution is 2.32. The lowest BCUT2D eigenvalue weighted by Crippen LogP contribution is -1.92. The zero-order valence-corrected chi connectivity index (χ0v) is 7.63. The first-order chi connectivity index (χ1) is 5.52. The molecule has 0 radical (unpaired) electrons. The van der Waals surface area contributed by atoms with Gasteiger partial charge < -0.3 is 0 Å². The fourth-order valence-corrected chi connectivity index (χ4v) is 1.50. The Morgan fingerprint density at radius 1 is 1.42 bits per heavy atom. The lowest BCUT2D eigenvalue weighted by molar-refractivity contribution is 0.151. The summed E-state index contributed by atoms with van der Waals surface area (Å²) in [5.74, 6) is 0. The summed E-state index contributed by atoms with van der Waals surface area (Å²) in [6, 6.07) is 1.36. The van der Waals surface area contributed by atoms with E-state index in [1.54, 1.807) is 6.92 Å². The van der Waals surface area contributed by atoms with E-state index < -0.39 is 12.0 Å². The summed E-state index contributed by atoms with van der Waals surface area (Å²) in [7, 11) is 0. The van der Waals surface area contributed by atoms with E-state index in [2.05, 4.69) is 4.98 Å². The van der Waals surface area contributed by atoms with E-state index in [0.717, 1.165) is 0 Å². The van der Waals surface area contributed by atoms with Crippen molar-refractivity contribution in [3.8, 4) is 0 Å². The van der Waals surface area contributed by atoms with Crippen LogP contribution in [0.4, 0.5) is 8.78 Å². The van der Waals surface area contributed by atoms with Crippen LogP contribution in [0.1, 0.15) is 17.7 Å². The monoisotopic (exact) mass is 211 g/mol. The Labute approximate surface area is 78.3 Å². The summed E-state index contributed by atoms with van der Waals surface area (Å²) in [6.45, 7) is 1.63. The number of aromatic nitrogens is 1. The molecule has 1 rings (SSSR count). The topological polar surface area (TPSA) is 12.9 Å². The molecule has 0 N–H and O–H groups in total. The number of pyridine rings is 1. The Balaban J connectivity index is 3.28. The van der Waals surface area contributed by atoms with E-state index in [1.807, 2.05) is 0 Å². The molecule has 0 atom stereocenters. The molecule has 0 aliphatic carbocycles. The van der Waals surface area contributed by atoms with Gasteiger partial charge in [-0.1, -0.05) is 23.2 Å². The van der Waals surface area contributed by atoms with Gasteiger partial charge in [-0.05, 0) is 13.0 Å². The Morgan fingerprint density at radius 3 is 2.42 bits per heavy atom.